The Morgan fingerprint density at radius 3 is 2.30 bits per heavy atom. The molecule has 7 nitrogen and oxygen atoms in total. The molecule has 0 amide bonds. The minimum absolute atomic E-state index is 0.200. The molecule has 9 heteroatoms. The van der Waals surface area contributed by atoms with Gasteiger partial charge in [0.25, 0.3) is 5.69 Å². The number of nitrogens with zero attached hydrogens (tertiary/aromatic N) is 1. The van der Waals surface area contributed by atoms with E-state index >= 15 is 0 Å². The molecule has 0 saturated carbocycles. The number of para-hydroxylation sites is 1. The van der Waals surface area contributed by atoms with Gasteiger partial charge in [-0.05, 0) is 37.0 Å². The molecular formula is C18H32N2O5SSi. The van der Waals surface area contributed by atoms with Gasteiger partial charge in [0.15, 0.2) is 13.2 Å². The molecule has 0 aliphatic heterocycles. The lowest BCUT2D eigenvalue weighted by Crippen LogP contribution is -2.40. The van der Waals surface area contributed by atoms with Crippen LogP contribution in [0.4, 0.5) is 5.69 Å². The first-order valence-corrected chi connectivity index (χ1v) is 13.6. The molecule has 0 aliphatic rings. The second kappa shape index (κ2) is 9.77. The van der Waals surface area contributed by atoms with Crippen LogP contribution in [-0.4, -0.2) is 34.8 Å². The number of benzene rings is 1. The summed E-state index contributed by atoms with van der Waals surface area (Å²) in [6.45, 7) is 12.1. The van der Waals surface area contributed by atoms with Gasteiger partial charge in [-0.25, -0.2) is 13.1 Å². The van der Waals surface area contributed by atoms with Crippen LogP contribution in [0.3, 0.4) is 0 Å². The first-order chi connectivity index (χ1) is 12.4. The zero-order valence-electron chi connectivity index (χ0n) is 16.9. The molecular weight excluding hydrogens is 384 g/mol. The number of hydrogen-bond donors (Lipinski definition) is 1. The molecule has 0 aromatic heterocycles. The predicted molar refractivity (Wildman–Crippen MR) is 110 cm³/mol. The van der Waals surface area contributed by atoms with Crippen LogP contribution in [0, 0.1) is 10.1 Å². The molecule has 1 rings (SSSR count). The van der Waals surface area contributed by atoms with E-state index in [0.29, 0.717) is 6.42 Å². The van der Waals surface area contributed by atoms with Crippen molar-refractivity contribution in [2.75, 3.05) is 13.2 Å². The van der Waals surface area contributed by atoms with Crippen LogP contribution in [0.25, 0.3) is 0 Å². The maximum absolute atomic E-state index is 12.3. The van der Waals surface area contributed by atoms with Crippen LogP contribution in [-0.2, 0) is 14.4 Å². The van der Waals surface area contributed by atoms with Crippen molar-refractivity contribution in [3.05, 3.63) is 34.4 Å². The first kappa shape index (κ1) is 23.7. The predicted octanol–water partition coefficient (Wildman–Crippen LogP) is 4.46. The summed E-state index contributed by atoms with van der Waals surface area (Å²) in [5, 5.41) is 11.2. The van der Waals surface area contributed by atoms with Gasteiger partial charge in [0, 0.05) is 19.2 Å². The van der Waals surface area contributed by atoms with E-state index in [1.165, 1.54) is 24.3 Å². The minimum atomic E-state index is -3.88. The third kappa shape index (κ3) is 7.32. The Hall–Kier alpha value is -1.29. The molecule has 0 atom stereocenters. The standard InChI is InChI=1S/C18H32N2O5SSi/c1-18(2,3)27(4,5)25-15-11-7-6-10-14-19-26(23,24)17-13-9-8-12-16(17)20(21)22/h8-9,12-13,19H,6-7,10-11,14-15H2,1-5H3. The summed E-state index contributed by atoms with van der Waals surface area (Å²) in [7, 11) is -5.58. The highest BCUT2D eigenvalue weighted by Gasteiger charge is 2.36. The highest BCUT2D eigenvalue weighted by Crippen LogP contribution is 2.36. The van der Waals surface area contributed by atoms with Crippen molar-refractivity contribution in [2.45, 2.75) is 69.5 Å². The SMILES string of the molecule is CC(C)(C)[Si](C)(C)OCCCCCCNS(=O)(=O)c1ccccc1[N+](=O)[O-]. The third-order valence-corrected chi connectivity index (χ3v) is 11.0. The van der Waals surface area contributed by atoms with Crippen LogP contribution in [0.15, 0.2) is 29.2 Å². The number of nitrogens with one attached hydrogen (secondary N) is 1. The van der Waals surface area contributed by atoms with Gasteiger partial charge in [-0.1, -0.05) is 45.7 Å². The normalized spacial score (nSPS) is 12.9. The van der Waals surface area contributed by atoms with E-state index in [2.05, 4.69) is 38.6 Å². The molecule has 1 aromatic carbocycles. The van der Waals surface area contributed by atoms with Crippen molar-refractivity contribution in [3.8, 4) is 0 Å². The monoisotopic (exact) mass is 416 g/mol. The van der Waals surface area contributed by atoms with Crippen molar-refractivity contribution in [1.82, 2.24) is 4.72 Å². The summed E-state index contributed by atoms with van der Waals surface area (Å²) in [6.07, 6.45) is 3.46. The second-order valence-electron chi connectivity index (χ2n) is 8.15. The Labute approximate surface area is 163 Å². The van der Waals surface area contributed by atoms with Crippen LogP contribution in [0.5, 0.6) is 0 Å². The molecule has 1 aromatic rings. The summed E-state index contributed by atoms with van der Waals surface area (Å²) in [5.41, 5.74) is -0.409. The van der Waals surface area contributed by atoms with Crippen molar-refractivity contribution in [3.63, 3.8) is 0 Å². The van der Waals surface area contributed by atoms with E-state index in [9.17, 15) is 18.5 Å². The maximum Gasteiger partial charge on any atom is 0.289 e. The third-order valence-electron chi connectivity index (χ3n) is 4.98. The molecule has 154 valence electrons. The van der Waals surface area contributed by atoms with Gasteiger partial charge in [-0.2, -0.15) is 0 Å². The van der Waals surface area contributed by atoms with E-state index in [1.807, 2.05) is 0 Å². The Bertz CT molecular complexity index is 730. The van der Waals surface area contributed by atoms with Crippen LogP contribution >= 0.6 is 0 Å². The van der Waals surface area contributed by atoms with E-state index in [4.69, 9.17) is 4.43 Å². The van der Waals surface area contributed by atoms with Crippen LogP contribution in [0.2, 0.25) is 18.1 Å². The van der Waals surface area contributed by atoms with E-state index in [1.54, 1.807) is 0 Å². The Kier molecular flexibility index (Phi) is 8.59. The van der Waals surface area contributed by atoms with Gasteiger partial charge >= 0.3 is 0 Å². The van der Waals surface area contributed by atoms with Crippen molar-refractivity contribution in [1.29, 1.82) is 0 Å². The average Bonchev–Trinajstić information content (AvgIpc) is 2.56. The smallest absolute Gasteiger partial charge is 0.289 e. The minimum Gasteiger partial charge on any atom is -0.417 e. The average molecular weight is 417 g/mol. The quantitative estimate of drug-likeness (QED) is 0.249. The fraction of sp³-hybridized carbons (Fsp3) is 0.667. The lowest BCUT2D eigenvalue weighted by molar-refractivity contribution is -0.387. The molecule has 0 saturated heterocycles. The molecule has 0 bridgehead atoms. The zero-order chi connectivity index (χ0) is 20.7. The summed E-state index contributed by atoms with van der Waals surface area (Å²) in [6, 6.07) is 5.36. The molecule has 0 spiro atoms. The molecule has 1 N–H and O–H groups in total. The van der Waals surface area contributed by atoms with Gasteiger partial charge in [-0.3, -0.25) is 10.1 Å². The number of hydrogen-bond acceptors (Lipinski definition) is 5. The van der Waals surface area contributed by atoms with Crippen molar-refractivity contribution >= 4 is 24.0 Å². The fourth-order valence-corrected chi connectivity index (χ4v) is 4.58. The summed E-state index contributed by atoms with van der Waals surface area (Å²) >= 11 is 0. The maximum atomic E-state index is 12.3. The van der Waals surface area contributed by atoms with E-state index in [0.717, 1.165) is 25.9 Å². The molecule has 0 radical (unpaired) electrons. The van der Waals surface area contributed by atoms with Crippen molar-refractivity contribution < 1.29 is 17.8 Å². The lowest BCUT2D eigenvalue weighted by atomic mass is 10.2. The second-order valence-corrected chi connectivity index (χ2v) is 14.7. The Morgan fingerprint density at radius 1 is 1.11 bits per heavy atom. The number of rotatable bonds is 11. The summed E-state index contributed by atoms with van der Waals surface area (Å²) < 4.78 is 33.1. The Balaban J connectivity index is 2.34. The first-order valence-electron chi connectivity index (χ1n) is 9.25. The molecule has 0 heterocycles. The zero-order valence-corrected chi connectivity index (χ0v) is 18.8. The Morgan fingerprint density at radius 2 is 1.70 bits per heavy atom. The topological polar surface area (TPSA) is 98.5 Å². The van der Waals surface area contributed by atoms with Gasteiger partial charge in [0.05, 0.1) is 4.92 Å². The number of nitro groups is 1. The largest absolute Gasteiger partial charge is 0.417 e. The number of sulfonamides is 1. The van der Waals surface area contributed by atoms with E-state index in [-0.39, 0.29) is 16.5 Å². The van der Waals surface area contributed by atoms with Gasteiger partial charge in [-0.15, -0.1) is 0 Å². The van der Waals surface area contributed by atoms with Gasteiger partial charge in [0.2, 0.25) is 10.0 Å². The molecule has 0 fully saturated rings. The molecule has 0 unspecified atom stereocenters. The van der Waals surface area contributed by atoms with Crippen LogP contribution in [0.1, 0.15) is 46.5 Å². The number of unbranched alkanes of at least 4 members (excludes halogenated alkanes) is 3. The summed E-state index contributed by atoms with van der Waals surface area (Å²) in [5.74, 6) is 0. The van der Waals surface area contributed by atoms with Gasteiger partial charge < -0.3 is 4.43 Å². The van der Waals surface area contributed by atoms with Crippen LogP contribution < -0.4 is 4.72 Å². The highest BCUT2D eigenvalue weighted by atomic mass is 32.2. The van der Waals surface area contributed by atoms with Crippen molar-refractivity contribution in [2.24, 2.45) is 0 Å². The fourth-order valence-electron chi connectivity index (χ4n) is 2.24. The number of nitro benzene ring substituents is 1. The van der Waals surface area contributed by atoms with Gasteiger partial charge in [0.1, 0.15) is 0 Å². The molecule has 27 heavy (non-hydrogen) atoms. The summed E-state index contributed by atoms with van der Waals surface area (Å²) in [4.78, 5) is 10.0. The van der Waals surface area contributed by atoms with E-state index < -0.39 is 29.0 Å². The molecule has 0 aliphatic carbocycles. The highest BCUT2D eigenvalue weighted by molar-refractivity contribution is 7.89. The lowest BCUT2D eigenvalue weighted by Gasteiger charge is -2.36.